The fourth-order valence-corrected chi connectivity index (χ4v) is 4.41. The van der Waals surface area contributed by atoms with Crippen molar-refractivity contribution < 1.29 is 24.5 Å². The number of halogens is 2. The van der Waals surface area contributed by atoms with Crippen molar-refractivity contribution in [1.82, 2.24) is 4.90 Å². The lowest BCUT2D eigenvalue weighted by molar-refractivity contribution is -0.113. The Kier molecular flexibility index (Phi) is 6.88. The Labute approximate surface area is 202 Å². The zero-order chi connectivity index (χ0) is 23.7. The molecular formula is C25H25Cl2NO5. The number of carbonyl (C=O) groups is 1. The molecule has 1 aliphatic carbocycles. The highest BCUT2D eigenvalue weighted by Crippen LogP contribution is 2.38. The molecule has 0 bridgehead atoms. The summed E-state index contributed by atoms with van der Waals surface area (Å²) >= 11 is 12.3. The Morgan fingerprint density at radius 1 is 0.909 bits per heavy atom. The van der Waals surface area contributed by atoms with Gasteiger partial charge in [0.2, 0.25) is 0 Å². The first kappa shape index (κ1) is 23.5. The molecule has 1 heterocycles. The molecule has 2 aliphatic rings. The number of piperidine rings is 1. The van der Waals surface area contributed by atoms with Crippen LogP contribution in [0, 0.1) is 5.92 Å². The highest BCUT2D eigenvalue weighted by molar-refractivity contribution is 6.32. The SMILES string of the molecule is COc1cc(/C=C2/CN(CC3CC3)C/C(=C/c3cc(Cl)c(O)c(OC)c3)C2=O)cc(Cl)c1O. The van der Waals surface area contributed by atoms with Crippen LogP contribution in [0.2, 0.25) is 10.0 Å². The van der Waals surface area contributed by atoms with Crippen LogP contribution in [-0.4, -0.2) is 54.8 Å². The van der Waals surface area contributed by atoms with Gasteiger partial charge in [0.15, 0.2) is 28.8 Å². The number of ether oxygens (including phenoxy) is 2. The number of likely N-dealkylation sites (tertiary alicyclic amines) is 1. The van der Waals surface area contributed by atoms with Crippen LogP contribution >= 0.6 is 23.2 Å². The Bertz CT molecular complexity index is 1070. The standard InChI is InChI=1S/C25H25Cl2NO5/c1-32-21-9-15(7-19(26)24(21)30)5-17-12-28(11-14-3-4-14)13-18(23(17)29)6-16-8-20(27)25(31)22(10-16)33-2/h5-10,14,30-31H,3-4,11-13H2,1-2H3/b17-5-,18-6-. The van der Waals surface area contributed by atoms with Gasteiger partial charge in [-0.25, -0.2) is 0 Å². The molecule has 0 atom stereocenters. The number of Topliss-reactive ketones (excluding diaryl/α,β-unsaturated/α-hetero) is 1. The van der Waals surface area contributed by atoms with Gasteiger partial charge in [0.05, 0.1) is 24.3 Å². The minimum Gasteiger partial charge on any atom is -0.503 e. The fraction of sp³-hybridized carbons (Fsp3) is 0.320. The Morgan fingerprint density at radius 2 is 1.36 bits per heavy atom. The topological polar surface area (TPSA) is 79.2 Å². The minimum absolute atomic E-state index is 0.0756. The van der Waals surface area contributed by atoms with Crippen molar-refractivity contribution >= 4 is 41.1 Å². The second-order valence-corrected chi connectivity index (χ2v) is 9.20. The smallest absolute Gasteiger partial charge is 0.187 e. The van der Waals surface area contributed by atoms with Gasteiger partial charge in [-0.05, 0) is 66.3 Å². The van der Waals surface area contributed by atoms with Crippen molar-refractivity contribution in [3.05, 3.63) is 56.6 Å². The molecule has 1 aliphatic heterocycles. The lowest BCUT2D eigenvalue weighted by Crippen LogP contribution is -2.38. The molecular weight excluding hydrogens is 465 g/mol. The summed E-state index contributed by atoms with van der Waals surface area (Å²) in [5.41, 5.74) is 2.57. The molecule has 174 valence electrons. The first-order chi connectivity index (χ1) is 15.8. The van der Waals surface area contributed by atoms with Crippen molar-refractivity contribution in [3.8, 4) is 23.0 Å². The van der Waals surface area contributed by atoms with E-state index in [0.717, 1.165) is 6.54 Å². The first-order valence-electron chi connectivity index (χ1n) is 10.6. The Balaban J connectivity index is 1.72. The molecule has 0 aromatic heterocycles. The Morgan fingerprint density at radius 3 is 1.76 bits per heavy atom. The number of rotatable bonds is 6. The molecule has 0 radical (unpaired) electrons. The van der Waals surface area contributed by atoms with Crippen LogP contribution < -0.4 is 9.47 Å². The van der Waals surface area contributed by atoms with Gasteiger partial charge < -0.3 is 19.7 Å². The second kappa shape index (κ2) is 9.67. The van der Waals surface area contributed by atoms with Gasteiger partial charge in [-0.2, -0.15) is 0 Å². The Hall–Kier alpha value is -2.67. The number of phenolic OH excluding ortho intramolecular Hbond substituents is 2. The molecule has 2 fully saturated rings. The molecule has 6 nitrogen and oxygen atoms in total. The van der Waals surface area contributed by atoms with Gasteiger partial charge >= 0.3 is 0 Å². The number of ketones is 1. The quantitative estimate of drug-likeness (QED) is 0.544. The predicted molar refractivity (Wildman–Crippen MR) is 129 cm³/mol. The molecule has 0 amide bonds. The van der Waals surface area contributed by atoms with Gasteiger partial charge in [-0.1, -0.05) is 23.2 Å². The molecule has 0 spiro atoms. The summed E-state index contributed by atoms with van der Waals surface area (Å²) in [6, 6.07) is 6.51. The van der Waals surface area contributed by atoms with Crippen LogP contribution in [-0.2, 0) is 4.79 Å². The van der Waals surface area contributed by atoms with E-state index < -0.39 is 0 Å². The maximum Gasteiger partial charge on any atom is 0.187 e. The lowest BCUT2D eigenvalue weighted by atomic mass is 9.94. The summed E-state index contributed by atoms with van der Waals surface area (Å²) in [5.74, 6) is 0.805. The van der Waals surface area contributed by atoms with E-state index in [1.807, 2.05) is 0 Å². The predicted octanol–water partition coefficient (Wildman–Crippen LogP) is 5.18. The molecule has 33 heavy (non-hydrogen) atoms. The highest BCUT2D eigenvalue weighted by atomic mass is 35.5. The number of hydrogen-bond acceptors (Lipinski definition) is 6. The molecule has 1 saturated heterocycles. The van der Waals surface area contributed by atoms with Crippen molar-refractivity contribution in [2.24, 2.45) is 5.92 Å². The largest absolute Gasteiger partial charge is 0.503 e. The number of hydrogen-bond donors (Lipinski definition) is 2. The number of methoxy groups -OCH3 is 2. The third-order valence-corrected chi connectivity index (χ3v) is 6.38. The van der Waals surface area contributed by atoms with Gasteiger partial charge in [-0.15, -0.1) is 0 Å². The molecule has 2 aromatic rings. The van der Waals surface area contributed by atoms with E-state index >= 15 is 0 Å². The summed E-state index contributed by atoms with van der Waals surface area (Å²) in [6.45, 7) is 1.96. The second-order valence-electron chi connectivity index (χ2n) is 8.39. The van der Waals surface area contributed by atoms with Crippen LogP contribution in [0.1, 0.15) is 24.0 Å². The van der Waals surface area contributed by atoms with Crippen molar-refractivity contribution in [1.29, 1.82) is 0 Å². The highest BCUT2D eigenvalue weighted by Gasteiger charge is 2.31. The number of nitrogens with zero attached hydrogens (tertiary/aromatic N) is 1. The number of benzene rings is 2. The number of phenols is 2. The average Bonchev–Trinajstić information content (AvgIpc) is 3.60. The summed E-state index contributed by atoms with van der Waals surface area (Å²) in [5, 5.41) is 20.3. The van der Waals surface area contributed by atoms with E-state index in [4.69, 9.17) is 32.7 Å². The summed E-state index contributed by atoms with van der Waals surface area (Å²) in [7, 11) is 2.90. The monoisotopic (exact) mass is 489 g/mol. The van der Waals surface area contributed by atoms with Crippen molar-refractivity contribution in [3.63, 3.8) is 0 Å². The summed E-state index contributed by atoms with van der Waals surface area (Å²) in [6.07, 6.45) is 5.98. The van der Waals surface area contributed by atoms with Crippen molar-refractivity contribution in [2.75, 3.05) is 33.9 Å². The maximum absolute atomic E-state index is 13.4. The van der Waals surface area contributed by atoms with E-state index in [0.29, 0.717) is 41.3 Å². The zero-order valence-corrected chi connectivity index (χ0v) is 19.9. The van der Waals surface area contributed by atoms with Gasteiger partial charge in [-0.3, -0.25) is 9.69 Å². The molecule has 4 rings (SSSR count). The van der Waals surface area contributed by atoms with E-state index in [-0.39, 0.29) is 38.8 Å². The minimum atomic E-state index is -0.134. The zero-order valence-electron chi connectivity index (χ0n) is 18.4. The maximum atomic E-state index is 13.4. The van der Waals surface area contributed by atoms with E-state index in [9.17, 15) is 15.0 Å². The molecule has 2 N–H and O–H groups in total. The molecule has 2 aromatic carbocycles. The van der Waals surface area contributed by atoms with Crippen LogP contribution in [0.3, 0.4) is 0 Å². The van der Waals surface area contributed by atoms with Crippen molar-refractivity contribution in [2.45, 2.75) is 12.8 Å². The molecule has 1 saturated carbocycles. The molecule has 8 heteroatoms. The first-order valence-corrected chi connectivity index (χ1v) is 11.4. The van der Waals surface area contributed by atoms with Crippen LogP contribution in [0.5, 0.6) is 23.0 Å². The van der Waals surface area contributed by atoms with Gasteiger partial charge in [0, 0.05) is 30.8 Å². The van der Waals surface area contributed by atoms with E-state index in [1.54, 1.807) is 36.4 Å². The van der Waals surface area contributed by atoms with Crippen LogP contribution in [0.25, 0.3) is 12.2 Å². The van der Waals surface area contributed by atoms with Crippen LogP contribution in [0.15, 0.2) is 35.4 Å². The number of carbonyl (C=O) groups excluding carboxylic acids is 1. The number of aromatic hydroxyl groups is 2. The van der Waals surface area contributed by atoms with E-state index in [1.165, 1.54) is 27.1 Å². The molecule has 0 unspecified atom stereocenters. The van der Waals surface area contributed by atoms with Gasteiger partial charge in [0.25, 0.3) is 0 Å². The third kappa shape index (κ3) is 5.29. The fourth-order valence-electron chi connectivity index (χ4n) is 3.97. The summed E-state index contributed by atoms with van der Waals surface area (Å²) in [4.78, 5) is 15.7. The third-order valence-electron chi connectivity index (χ3n) is 5.81. The van der Waals surface area contributed by atoms with Gasteiger partial charge in [0.1, 0.15) is 0 Å². The van der Waals surface area contributed by atoms with E-state index in [2.05, 4.69) is 4.90 Å². The lowest BCUT2D eigenvalue weighted by Gasteiger charge is -2.30. The summed E-state index contributed by atoms with van der Waals surface area (Å²) < 4.78 is 10.4. The average molecular weight is 490 g/mol. The van der Waals surface area contributed by atoms with Crippen LogP contribution in [0.4, 0.5) is 0 Å². The normalized spacial score (nSPS) is 19.3.